The van der Waals surface area contributed by atoms with Crippen molar-refractivity contribution in [2.24, 2.45) is 0 Å². The van der Waals surface area contributed by atoms with Crippen molar-refractivity contribution in [2.75, 3.05) is 32.1 Å². The molecule has 1 saturated heterocycles. The van der Waals surface area contributed by atoms with Crippen molar-refractivity contribution in [1.29, 1.82) is 0 Å². The van der Waals surface area contributed by atoms with Crippen LogP contribution in [0.3, 0.4) is 0 Å². The van der Waals surface area contributed by atoms with Gasteiger partial charge in [0.1, 0.15) is 5.01 Å². The Morgan fingerprint density at radius 3 is 2.90 bits per heavy atom. The molecule has 4 rings (SSSR count). The summed E-state index contributed by atoms with van der Waals surface area (Å²) in [7, 11) is 1.35. The molecule has 1 unspecified atom stereocenters. The Bertz CT molecular complexity index is 1050. The monoisotopic (exact) mass is 424 g/mol. The third kappa shape index (κ3) is 4.52. The number of methoxy groups -OCH3 is 1. The lowest BCUT2D eigenvalue weighted by Crippen LogP contribution is -3.14. The summed E-state index contributed by atoms with van der Waals surface area (Å²) in [5.41, 5.74) is 3.06. The standard InChI is InChI=1S/C23H25N3O3S/c1-15-9-10-16(23(28)29-2)12-19(15)24-21(27)14-26-11-5-6-17(13-26)22-25-18-7-3-4-8-20(18)30-22/h3-4,7-10,12,17H,5-6,11,13-14H2,1-2H3,(H,24,27)/p+1/t17-/m0/s1. The zero-order valence-corrected chi connectivity index (χ0v) is 18.1. The number of quaternary nitrogens is 1. The van der Waals surface area contributed by atoms with E-state index in [1.807, 2.05) is 25.1 Å². The predicted octanol–water partition coefficient (Wildman–Crippen LogP) is 2.79. The number of likely N-dealkylation sites (tertiary alicyclic amines) is 1. The SMILES string of the molecule is COC(=O)c1ccc(C)c(NC(=O)C[NH+]2CCC[C@H](c3nc4ccccc4s3)C2)c1. The van der Waals surface area contributed by atoms with E-state index in [-0.39, 0.29) is 5.91 Å². The minimum Gasteiger partial charge on any atom is -0.465 e. The number of fused-ring (bicyclic) bond motifs is 1. The largest absolute Gasteiger partial charge is 0.465 e. The smallest absolute Gasteiger partial charge is 0.337 e. The van der Waals surface area contributed by atoms with Crippen molar-refractivity contribution >= 4 is 39.1 Å². The molecule has 0 radical (unpaired) electrons. The van der Waals surface area contributed by atoms with Crippen LogP contribution in [-0.2, 0) is 9.53 Å². The van der Waals surface area contributed by atoms with Crippen molar-refractivity contribution in [1.82, 2.24) is 4.98 Å². The first-order valence-electron chi connectivity index (χ1n) is 10.2. The number of nitrogens with zero attached hydrogens (tertiary/aromatic N) is 1. The van der Waals surface area contributed by atoms with Gasteiger partial charge in [0.25, 0.3) is 5.91 Å². The minimum atomic E-state index is -0.411. The van der Waals surface area contributed by atoms with Gasteiger partial charge in [-0.25, -0.2) is 9.78 Å². The summed E-state index contributed by atoms with van der Waals surface area (Å²) < 4.78 is 5.99. The molecule has 0 spiro atoms. The highest BCUT2D eigenvalue weighted by molar-refractivity contribution is 7.18. The number of anilines is 1. The van der Waals surface area contributed by atoms with E-state index in [4.69, 9.17) is 9.72 Å². The number of piperidine rings is 1. The van der Waals surface area contributed by atoms with Crippen molar-refractivity contribution in [3.05, 3.63) is 58.6 Å². The highest BCUT2D eigenvalue weighted by atomic mass is 32.1. The predicted molar refractivity (Wildman–Crippen MR) is 118 cm³/mol. The number of aryl methyl sites for hydroxylation is 1. The molecule has 30 heavy (non-hydrogen) atoms. The first-order valence-corrected chi connectivity index (χ1v) is 11.0. The quantitative estimate of drug-likeness (QED) is 0.618. The molecule has 2 N–H and O–H groups in total. The van der Waals surface area contributed by atoms with Crippen LogP contribution in [0.4, 0.5) is 5.69 Å². The summed E-state index contributed by atoms with van der Waals surface area (Å²) >= 11 is 1.77. The van der Waals surface area contributed by atoms with Crippen LogP contribution in [0.1, 0.15) is 39.7 Å². The maximum atomic E-state index is 12.7. The maximum absolute atomic E-state index is 12.7. The highest BCUT2D eigenvalue weighted by Crippen LogP contribution is 2.30. The van der Waals surface area contributed by atoms with Gasteiger partial charge in [-0.3, -0.25) is 4.79 Å². The number of carbonyl (C=O) groups is 2. The first kappa shape index (κ1) is 20.5. The van der Waals surface area contributed by atoms with E-state index in [0.29, 0.717) is 23.7 Å². The Kier molecular flexibility index (Phi) is 6.11. The van der Waals surface area contributed by atoms with E-state index >= 15 is 0 Å². The number of thiazole rings is 1. The van der Waals surface area contributed by atoms with Gasteiger partial charge in [-0.05, 0) is 49.6 Å². The van der Waals surface area contributed by atoms with Gasteiger partial charge in [-0.15, -0.1) is 11.3 Å². The van der Waals surface area contributed by atoms with Crippen LogP contribution in [0.5, 0.6) is 0 Å². The number of para-hydroxylation sites is 1. The molecule has 2 atom stereocenters. The third-order valence-electron chi connectivity index (χ3n) is 5.62. The van der Waals surface area contributed by atoms with E-state index in [1.54, 1.807) is 23.5 Å². The molecule has 7 heteroatoms. The van der Waals surface area contributed by atoms with Crippen molar-refractivity contribution in [3.8, 4) is 0 Å². The lowest BCUT2D eigenvalue weighted by atomic mass is 9.99. The number of rotatable bonds is 5. The molecule has 156 valence electrons. The molecule has 3 aromatic rings. The number of carbonyl (C=O) groups excluding carboxylic acids is 2. The molecule has 1 aliphatic heterocycles. The number of nitrogens with one attached hydrogen (secondary N) is 2. The van der Waals surface area contributed by atoms with Crippen LogP contribution in [0.2, 0.25) is 0 Å². The van der Waals surface area contributed by atoms with Crippen LogP contribution in [0.25, 0.3) is 10.2 Å². The number of amides is 1. The molecular weight excluding hydrogens is 398 g/mol. The van der Waals surface area contributed by atoms with E-state index in [2.05, 4.69) is 17.4 Å². The van der Waals surface area contributed by atoms with Gasteiger partial charge in [0, 0.05) is 5.69 Å². The number of esters is 1. The number of aromatic nitrogens is 1. The Labute approximate surface area is 179 Å². The van der Waals surface area contributed by atoms with Crippen molar-refractivity contribution < 1.29 is 19.2 Å². The summed E-state index contributed by atoms with van der Waals surface area (Å²) in [6.45, 7) is 4.21. The van der Waals surface area contributed by atoms with E-state index in [9.17, 15) is 9.59 Å². The summed E-state index contributed by atoms with van der Waals surface area (Å²) in [5, 5.41) is 4.15. The molecule has 0 aliphatic carbocycles. The topological polar surface area (TPSA) is 72.7 Å². The minimum absolute atomic E-state index is 0.0416. The first-order chi connectivity index (χ1) is 14.5. The molecule has 1 fully saturated rings. The van der Waals surface area contributed by atoms with Crippen LogP contribution in [-0.4, -0.2) is 43.6 Å². The zero-order chi connectivity index (χ0) is 21.1. The summed E-state index contributed by atoms with van der Waals surface area (Å²) in [4.78, 5) is 30.6. The molecule has 1 amide bonds. The normalized spacial score (nSPS) is 18.9. The van der Waals surface area contributed by atoms with Crippen LogP contribution in [0, 0.1) is 6.92 Å². The Hall–Kier alpha value is -2.77. The van der Waals surface area contributed by atoms with E-state index < -0.39 is 5.97 Å². The van der Waals surface area contributed by atoms with Gasteiger partial charge >= 0.3 is 5.97 Å². The van der Waals surface area contributed by atoms with E-state index in [1.165, 1.54) is 21.7 Å². The summed E-state index contributed by atoms with van der Waals surface area (Å²) in [5.74, 6) is -0.0609. The highest BCUT2D eigenvalue weighted by Gasteiger charge is 2.28. The third-order valence-corrected chi connectivity index (χ3v) is 6.82. The average Bonchev–Trinajstić information content (AvgIpc) is 3.19. The van der Waals surface area contributed by atoms with Crippen LogP contribution >= 0.6 is 11.3 Å². The fourth-order valence-electron chi connectivity index (χ4n) is 4.01. The van der Waals surface area contributed by atoms with Gasteiger partial charge in [-0.1, -0.05) is 18.2 Å². The average molecular weight is 425 g/mol. The molecule has 0 saturated carbocycles. The van der Waals surface area contributed by atoms with E-state index in [0.717, 1.165) is 37.0 Å². The van der Waals surface area contributed by atoms with Crippen LogP contribution in [0.15, 0.2) is 42.5 Å². The Morgan fingerprint density at radius 1 is 1.27 bits per heavy atom. The molecule has 2 heterocycles. The number of hydrogen-bond acceptors (Lipinski definition) is 5. The molecule has 1 aromatic heterocycles. The zero-order valence-electron chi connectivity index (χ0n) is 17.2. The van der Waals surface area contributed by atoms with Crippen molar-refractivity contribution in [3.63, 3.8) is 0 Å². The second-order valence-electron chi connectivity index (χ2n) is 7.81. The number of benzene rings is 2. The summed E-state index contributed by atoms with van der Waals surface area (Å²) in [6.07, 6.45) is 2.20. The Balaban J connectivity index is 1.40. The fourth-order valence-corrected chi connectivity index (χ4v) is 5.11. The molecule has 1 aliphatic rings. The van der Waals surface area contributed by atoms with Gasteiger partial charge < -0.3 is 15.0 Å². The molecule has 0 bridgehead atoms. The van der Waals surface area contributed by atoms with Crippen molar-refractivity contribution in [2.45, 2.75) is 25.7 Å². The number of ether oxygens (including phenoxy) is 1. The second-order valence-corrected chi connectivity index (χ2v) is 8.87. The number of hydrogen-bond donors (Lipinski definition) is 2. The van der Waals surface area contributed by atoms with Gasteiger partial charge in [-0.2, -0.15) is 0 Å². The molecule has 6 nitrogen and oxygen atoms in total. The lowest BCUT2D eigenvalue weighted by Gasteiger charge is -2.28. The van der Waals surface area contributed by atoms with Gasteiger partial charge in [0.05, 0.1) is 41.9 Å². The summed E-state index contributed by atoms with van der Waals surface area (Å²) in [6, 6.07) is 13.4. The Morgan fingerprint density at radius 2 is 2.10 bits per heavy atom. The van der Waals surface area contributed by atoms with Gasteiger partial charge in [0.2, 0.25) is 0 Å². The molecular formula is C23H26N3O3S+. The van der Waals surface area contributed by atoms with Gasteiger partial charge in [0.15, 0.2) is 6.54 Å². The fraction of sp³-hybridized carbons (Fsp3) is 0.348. The molecule has 2 aromatic carbocycles. The second kappa shape index (κ2) is 8.93. The van der Waals surface area contributed by atoms with Crippen LogP contribution < -0.4 is 10.2 Å². The lowest BCUT2D eigenvalue weighted by molar-refractivity contribution is -0.898. The maximum Gasteiger partial charge on any atom is 0.337 e.